The fraction of sp³-hybridized carbons (Fsp3) is 0.222. The highest BCUT2D eigenvalue weighted by Crippen LogP contribution is 2.29. The zero-order valence-electron chi connectivity index (χ0n) is 13.6. The summed E-state index contributed by atoms with van der Waals surface area (Å²) in [5.41, 5.74) is 0.848. The van der Waals surface area contributed by atoms with Crippen molar-refractivity contribution < 1.29 is 14.0 Å². The molecule has 0 radical (unpaired) electrons. The molecule has 1 N–H and O–H groups in total. The predicted molar refractivity (Wildman–Crippen MR) is 97.4 cm³/mol. The van der Waals surface area contributed by atoms with Crippen LogP contribution in [0.1, 0.15) is 18.9 Å². The van der Waals surface area contributed by atoms with Crippen LogP contribution in [-0.2, 0) is 16.1 Å². The molecule has 0 aliphatic rings. The minimum absolute atomic E-state index is 0.0525. The fourth-order valence-corrected chi connectivity index (χ4v) is 2.66. The summed E-state index contributed by atoms with van der Waals surface area (Å²) in [7, 11) is 0. The lowest BCUT2D eigenvalue weighted by atomic mass is 10.2. The third kappa shape index (κ3) is 5.44. The van der Waals surface area contributed by atoms with Crippen molar-refractivity contribution in [3.8, 4) is 0 Å². The summed E-state index contributed by atoms with van der Waals surface area (Å²) in [4.78, 5) is 25.3. The predicted octanol–water partition coefficient (Wildman–Crippen LogP) is 4.19. The third-order valence-electron chi connectivity index (χ3n) is 3.58. The second kappa shape index (κ2) is 8.83. The molecule has 0 bridgehead atoms. The summed E-state index contributed by atoms with van der Waals surface area (Å²) >= 11 is 12.1. The van der Waals surface area contributed by atoms with Crippen LogP contribution in [0.2, 0.25) is 10.0 Å². The van der Waals surface area contributed by atoms with E-state index in [4.69, 9.17) is 23.2 Å². The van der Waals surface area contributed by atoms with Gasteiger partial charge >= 0.3 is 0 Å². The molecule has 7 heteroatoms. The van der Waals surface area contributed by atoms with Crippen molar-refractivity contribution >= 4 is 40.7 Å². The highest BCUT2D eigenvalue weighted by Gasteiger charge is 2.17. The van der Waals surface area contributed by atoms with Gasteiger partial charge in [-0.3, -0.25) is 9.59 Å². The number of benzene rings is 2. The zero-order valence-corrected chi connectivity index (χ0v) is 15.1. The highest BCUT2D eigenvalue weighted by atomic mass is 35.5. The van der Waals surface area contributed by atoms with E-state index < -0.39 is 0 Å². The van der Waals surface area contributed by atoms with Gasteiger partial charge in [0.1, 0.15) is 5.82 Å². The molecular formula is C18H17Cl2FN2O2. The number of carbonyl (C=O) groups is 2. The van der Waals surface area contributed by atoms with E-state index in [2.05, 4.69) is 5.32 Å². The van der Waals surface area contributed by atoms with E-state index in [0.29, 0.717) is 21.3 Å². The average Bonchev–Trinajstić information content (AvgIpc) is 2.57. The quantitative estimate of drug-likeness (QED) is 0.813. The Labute approximate surface area is 155 Å². The maximum atomic E-state index is 13.5. The van der Waals surface area contributed by atoms with Gasteiger partial charge in [0.15, 0.2) is 0 Å². The molecule has 0 fully saturated rings. The lowest BCUT2D eigenvalue weighted by molar-refractivity contribution is -0.121. The van der Waals surface area contributed by atoms with Crippen molar-refractivity contribution in [2.45, 2.75) is 19.9 Å². The first kappa shape index (κ1) is 19.2. The second-order valence-corrected chi connectivity index (χ2v) is 6.23. The smallest absolute Gasteiger partial charge is 0.223 e. The van der Waals surface area contributed by atoms with E-state index in [1.165, 1.54) is 17.9 Å². The number of nitrogens with zero attached hydrogens (tertiary/aromatic N) is 1. The van der Waals surface area contributed by atoms with Gasteiger partial charge < -0.3 is 10.2 Å². The zero-order chi connectivity index (χ0) is 18.4. The number of carbonyl (C=O) groups excluding carboxylic acids is 2. The van der Waals surface area contributed by atoms with Crippen LogP contribution in [0.15, 0.2) is 42.5 Å². The number of hydrogen-bond acceptors (Lipinski definition) is 2. The lowest BCUT2D eigenvalue weighted by Crippen LogP contribution is -2.34. The molecule has 0 saturated heterocycles. The summed E-state index contributed by atoms with van der Waals surface area (Å²) in [6, 6.07) is 11.0. The Morgan fingerprint density at radius 2 is 1.88 bits per heavy atom. The number of hydrogen-bond donors (Lipinski definition) is 1. The van der Waals surface area contributed by atoms with Gasteiger partial charge in [-0.2, -0.15) is 0 Å². The average molecular weight is 383 g/mol. The number of amides is 2. The van der Waals surface area contributed by atoms with Crippen LogP contribution in [-0.4, -0.2) is 18.4 Å². The summed E-state index contributed by atoms with van der Waals surface area (Å²) in [5.74, 6) is -0.933. The van der Waals surface area contributed by atoms with Gasteiger partial charge in [-0.1, -0.05) is 41.4 Å². The Hall–Kier alpha value is -2.11. The normalized spacial score (nSPS) is 10.4. The van der Waals surface area contributed by atoms with Gasteiger partial charge in [0.25, 0.3) is 0 Å². The first-order valence-electron chi connectivity index (χ1n) is 7.61. The molecule has 2 aromatic carbocycles. The van der Waals surface area contributed by atoms with Gasteiger partial charge in [0, 0.05) is 37.0 Å². The van der Waals surface area contributed by atoms with E-state index in [9.17, 15) is 14.0 Å². The monoisotopic (exact) mass is 382 g/mol. The molecule has 2 rings (SSSR count). The Bertz CT molecular complexity index is 783. The van der Waals surface area contributed by atoms with Crippen molar-refractivity contribution in [1.82, 2.24) is 5.32 Å². The van der Waals surface area contributed by atoms with Crippen molar-refractivity contribution in [2.75, 3.05) is 11.4 Å². The Kier molecular flexibility index (Phi) is 6.79. The summed E-state index contributed by atoms with van der Waals surface area (Å²) in [6.45, 7) is 1.61. The van der Waals surface area contributed by atoms with Gasteiger partial charge in [-0.25, -0.2) is 4.39 Å². The maximum Gasteiger partial charge on any atom is 0.223 e. The molecule has 0 aliphatic heterocycles. The van der Waals surface area contributed by atoms with Gasteiger partial charge in [-0.15, -0.1) is 0 Å². The summed E-state index contributed by atoms with van der Waals surface area (Å²) < 4.78 is 13.5. The molecule has 0 aliphatic carbocycles. The van der Waals surface area contributed by atoms with Crippen LogP contribution in [0.3, 0.4) is 0 Å². The van der Waals surface area contributed by atoms with E-state index in [-0.39, 0.29) is 37.1 Å². The molecule has 2 aromatic rings. The molecule has 0 atom stereocenters. The maximum absolute atomic E-state index is 13.5. The van der Waals surface area contributed by atoms with Crippen LogP contribution >= 0.6 is 23.2 Å². The third-order valence-corrected chi connectivity index (χ3v) is 4.13. The molecule has 0 aromatic heterocycles. The van der Waals surface area contributed by atoms with Crippen LogP contribution in [0.4, 0.5) is 10.1 Å². The van der Waals surface area contributed by atoms with Gasteiger partial charge in [0.2, 0.25) is 11.8 Å². The van der Waals surface area contributed by atoms with Crippen LogP contribution < -0.4 is 10.2 Å². The molecule has 0 unspecified atom stereocenters. The fourth-order valence-electron chi connectivity index (χ4n) is 2.28. The van der Waals surface area contributed by atoms with Crippen LogP contribution in [0.5, 0.6) is 0 Å². The van der Waals surface area contributed by atoms with Gasteiger partial charge in [-0.05, 0) is 24.3 Å². The largest absolute Gasteiger partial charge is 0.352 e. The van der Waals surface area contributed by atoms with Crippen molar-refractivity contribution in [3.63, 3.8) is 0 Å². The van der Waals surface area contributed by atoms with Gasteiger partial charge in [0.05, 0.1) is 10.7 Å². The van der Waals surface area contributed by atoms with E-state index in [1.54, 1.807) is 36.4 Å². The number of halogens is 3. The molecule has 2 amide bonds. The van der Waals surface area contributed by atoms with E-state index >= 15 is 0 Å². The molecule has 0 heterocycles. The first-order valence-corrected chi connectivity index (χ1v) is 8.37. The Morgan fingerprint density at radius 3 is 2.56 bits per heavy atom. The second-order valence-electron chi connectivity index (χ2n) is 5.38. The molecule has 0 spiro atoms. The highest BCUT2D eigenvalue weighted by molar-refractivity contribution is 6.35. The van der Waals surface area contributed by atoms with Crippen molar-refractivity contribution in [3.05, 3.63) is 63.9 Å². The summed E-state index contributed by atoms with van der Waals surface area (Å²) in [6.07, 6.45) is 0.0525. The van der Waals surface area contributed by atoms with Crippen molar-refractivity contribution in [2.24, 2.45) is 0 Å². The van der Waals surface area contributed by atoms with Crippen LogP contribution in [0, 0.1) is 5.82 Å². The standard InChI is InChI=1S/C18H17Cl2FN2O2/c1-12(24)23(17-10-14(19)6-7-15(17)20)9-8-18(25)22-11-13-4-2-3-5-16(13)21/h2-7,10H,8-9,11H2,1H3,(H,22,25). The molecule has 4 nitrogen and oxygen atoms in total. The van der Waals surface area contributed by atoms with E-state index in [0.717, 1.165) is 0 Å². The number of nitrogens with one attached hydrogen (secondary N) is 1. The minimum Gasteiger partial charge on any atom is -0.352 e. The first-order chi connectivity index (χ1) is 11.9. The SMILES string of the molecule is CC(=O)N(CCC(=O)NCc1ccccc1F)c1cc(Cl)ccc1Cl. The lowest BCUT2D eigenvalue weighted by Gasteiger charge is -2.22. The molecule has 132 valence electrons. The molecular weight excluding hydrogens is 366 g/mol. The van der Waals surface area contributed by atoms with E-state index in [1.807, 2.05) is 0 Å². The topological polar surface area (TPSA) is 49.4 Å². The molecule has 0 saturated carbocycles. The molecule has 25 heavy (non-hydrogen) atoms. The summed E-state index contributed by atoms with van der Waals surface area (Å²) in [5, 5.41) is 3.44. The van der Waals surface area contributed by atoms with Crippen LogP contribution in [0.25, 0.3) is 0 Å². The number of rotatable bonds is 6. The Morgan fingerprint density at radius 1 is 1.16 bits per heavy atom. The van der Waals surface area contributed by atoms with Crippen molar-refractivity contribution in [1.29, 1.82) is 0 Å². The minimum atomic E-state index is -0.376. The Balaban J connectivity index is 1.97. The number of anilines is 1.